The molecule has 4 rings (SSSR count). The summed E-state index contributed by atoms with van der Waals surface area (Å²) in [5.41, 5.74) is 1.86. The molecule has 1 saturated heterocycles. The monoisotopic (exact) mass is 445 g/mol. The summed E-state index contributed by atoms with van der Waals surface area (Å²) in [4.78, 5) is 5.27. The molecule has 8 heteroatoms. The van der Waals surface area contributed by atoms with Crippen molar-refractivity contribution < 1.29 is 18.8 Å². The number of hydrogen-bond donors (Lipinski definition) is 2. The first-order valence-corrected chi connectivity index (χ1v) is 12.0. The molecular weight excluding hydrogens is 414 g/mol. The van der Waals surface area contributed by atoms with Gasteiger partial charge in [0.15, 0.2) is 0 Å². The summed E-state index contributed by atoms with van der Waals surface area (Å²) in [6.07, 6.45) is 2.08. The molecule has 2 aliphatic heterocycles. The summed E-state index contributed by atoms with van der Waals surface area (Å²) < 4.78 is 27.8. The van der Waals surface area contributed by atoms with Crippen LogP contribution < -0.4 is 10.1 Å². The van der Waals surface area contributed by atoms with Gasteiger partial charge in [0.2, 0.25) is 5.88 Å². The summed E-state index contributed by atoms with van der Waals surface area (Å²) in [5, 5.41) is 12.5. The van der Waals surface area contributed by atoms with Gasteiger partial charge in [-0.25, -0.2) is 8.51 Å². The molecule has 1 aromatic carbocycles. The highest BCUT2D eigenvalue weighted by Gasteiger charge is 2.42. The Hall–Kier alpha value is -2.00. The lowest BCUT2D eigenvalue weighted by atomic mass is 9.93. The number of hydrogen-bond acceptors (Lipinski definition) is 6. The quantitative estimate of drug-likeness (QED) is 0.711. The highest BCUT2D eigenvalue weighted by molar-refractivity contribution is 7.82. The van der Waals surface area contributed by atoms with Gasteiger partial charge < -0.3 is 19.9 Å². The molecule has 2 atom stereocenters. The predicted octanol–water partition coefficient (Wildman–Crippen LogP) is 3.04. The molecule has 1 spiro atoms. The van der Waals surface area contributed by atoms with Crippen molar-refractivity contribution in [2.75, 3.05) is 31.7 Å². The van der Waals surface area contributed by atoms with E-state index in [-0.39, 0.29) is 12.6 Å². The first-order chi connectivity index (χ1) is 15.0. The van der Waals surface area contributed by atoms with Gasteiger partial charge in [-0.2, -0.15) is 4.98 Å². The van der Waals surface area contributed by atoms with Gasteiger partial charge in [-0.1, -0.05) is 24.3 Å². The van der Waals surface area contributed by atoms with Gasteiger partial charge in [0.25, 0.3) is 0 Å². The average molecular weight is 446 g/mol. The lowest BCUT2D eigenvalue weighted by molar-refractivity contribution is -0.0551. The normalized spacial score (nSPS) is 21.7. The number of pyridine rings is 1. The second-order valence-corrected chi connectivity index (χ2v) is 9.88. The van der Waals surface area contributed by atoms with Crippen molar-refractivity contribution in [1.29, 1.82) is 0 Å². The number of aliphatic hydroxyl groups is 1. The number of aliphatic hydroxyl groups excluding tert-OH is 1. The zero-order valence-electron chi connectivity index (χ0n) is 18.2. The van der Waals surface area contributed by atoms with E-state index in [9.17, 15) is 9.32 Å². The van der Waals surface area contributed by atoms with E-state index in [1.54, 1.807) is 0 Å². The number of benzene rings is 1. The summed E-state index contributed by atoms with van der Waals surface area (Å²) in [6.45, 7) is 6.55. The topological polar surface area (TPSA) is 83.9 Å². The number of aromatic nitrogens is 1. The second-order valence-electron chi connectivity index (χ2n) is 8.43. The van der Waals surface area contributed by atoms with Crippen molar-refractivity contribution in [3.8, 4) is 5.88 Å². The van der Waals surface area contributed by atoms with Gasteiger partial charge in [-0.3, -0.25) is 0 Å². The van der Waals surface area contributed by atoms with E-state index in [1.165, 1.54) is 5.56 Å². The van der Waals surface area contributed by atoms with Crippen LogP contribution in [-0.4, -0.2) is 56.6 Å². The maximum atomic E-state index is 13.6. The van der Waals surface area contributed by atoms with Gasteiger partial charge in [-0.05, 0) is 43.5 Å². The largest absolute Gasteiger partial charge is 0.469 e. The Kier molecular flexibility index (Phi) is 6.91. The molecule has 0 aliphatic carbocycles. The minimum atomic E-state index is -1.39. The van der Waals surface area contributed by atoms with E-state index in [0.29, 0.717) is 49.3 Å². The van der Waals surface area contributed by atoms with Crippen LogP contribution in [0.3, 0.4) is 0 Å². The molecule has 2 N–H and O–H groups in total. The lowest BCUT2D eigenvalue weighted by Gasteiger charge is -2.38. The Balaban J connectivity index is 1.67. The van der Waals surface area contributed by atoms with Crippen LogP contribution in [0.4, 0.5) is 5.82 Å². The molecule has 3 heterocycles. The number of anilines is 1. The lowest BCUT2D eigenvalue weighted by Crippen LogP contribution is -2.49. The van der Waals surface area contributed by atoms with Gasteiger partial charge in [-0.15, -0.1) is 0 Å². The van der Waals surface area contributed by atoms with Gasteiger partial charge in [0.1, 0.15) is 27.3 Å². The van der Waals surface area contributed by atoms with E-state index in [0.717, 1.165) is 18.4 Å². The van der Waals surface area contributed by atoms with Crippen LogP contribution in [0.15, 0.2) is 41.3 Å². The van der Waals surface area contributed by atoms with Crippen LogP contribution in [0, 0.1) is 6.92 Å². The molecule has 0 saturated carbocycles. The molecule has 1 aromatic heterocycles. The highest BCUT2D eigenvalue weighted by atomic mass is 32.2. The van der Waals surface area contributed by atoms with Crippen LogP contribution >= 0.6 is 0 Å². The molecule has 1 fully saturated rings. The standard InChI is InChI=1S/C23H31N3O4S/c1-17-5-3-4-6-19(17)15-26-16-23(10-13-29-14-11-23)30-22-20(31(26)28)7-8-21(25-22)24-18(2)9-12-27/h3-8,18,27H,9-16H2,1-2H3,(H,24,25). The minimum absolute atomic E-state index is 0.0708. The van der Waals surface area contributed by atoms with Crippen LogP contribution in [-0.2, 0) is 22.3 Å². The van der Waals surface area contributed by atoms with Crippen molar-refractivity contribution in [2.24, 2.45) is 0 Å². The molecule has 0 amide bonds. The fraction of sp³-hybridized carbons (Fsp3) is 0.522. The third-order valence-corrected chi connectivity index (χ3v) is 7.41. The number of aryl methyl sites for hydroxylation is 1. The SMILES string of the molecule is Cc1ccccc1CN1CC2(CCOCC2)Oc2nc(NC(C)CCO)ccc2S1=O. The fourth-order valence-corrected chi connectivity index (χ4v) is 5.39. The zero-order chi connectivity index (χ0) is 21.8. The Morgan fingerprint density at radius 2 is 2.03 bits per heavy atom. The first kappa shape index (κ1) is 22.2. The Bertz CT molecular complexity index is 933. The first-order valence-electron chi connectivity index (χ1n) is 10.9. The highest BCUT2D eigenvalue weighted by Crippen LogP contribution is 2.37. The van der Waals surface area contributed by atoms with Crippen molar-refractivity contribution in [3.05, 3.63) is 47.5 Å². The molecule has 31 heavy (non-hydrogen) atoms. The third-order valence-electron chi connectivity index (χ3n) is 5.99. The van der Waals surface area contributed by atoms with Crippen LogP contribution in [0.5, 0.6) is 5.88 Å². The average Bonchev–Trinajstić information content (AvgIpc) is 2.85. The van der Waals surface area contributed by atoms with Crippen LogP contribution in [0.1, 0.15) is 37.3 Å². The maximum absolute atomic E-state index is 13.6. The Morgan fingerprint density at radius 3 is 2.77 bits per heavy atom. The molecule has 0 bridgehead atoms. The van der Waals surface area contributed by atoms with E-state index < -0.39 is 16.6 Å². The van der Waals surface area contributed by atoms with Crippen LogP contribution in [0.2, 0.25) is 0 Å². The number of nitrogens with zero attached hydrogens (tertiary/aromatic N) is 2. The third kappa shape index (κ3) is 5.09. The minimum Gasteiger partial charge on any atom is -0.469 e. The molecule has 2 unspecified atom stereocenters. The van der Waals surface area contributed by atoms with Gasteiger partial charge in [0.05, 0.1) is 19.8 Å². The molecular formula is C23H31N3O4S. The number of fused-ring (bicyclic) bond motifs is 1. The summed E-state index contributed by atoms with van der Waals surface area (Å²) in [6, 6.07) is 12.0. The molecule has 2 aliphatic rings. The smallest absolute Gasteiger partial charge is 0.233 e. The molecule has 0 radical (unpaired) electrons. The van der Waals surface area contributed by atoms with Gasteiger partial charge in [0, 0.05) is 32.0 Å². The van der Waals surface area contributed by atoms with Crippen molar-refractivity contribution in [1.82, 2.24) is 9.29 Å². The van der Waals surface area contributed by atoms with Crippen molar-refractivity contribution in [2.45, 2.75) is 56.2 Å². The fourth-order valence-electron chi connectivity index (χ4n) is 4.08. The second kappa shape index (κ2) is 9.65. The van der Waals surface area contributed by atoms with Crippen LogP contribution in [0.25, 0.3) is 0 Å². The van der Waals surface area contributed by atoms with Crippen molar-refractivity contribution in [3.63, 3.8) is 0 Å². The molecule has 7 nitrogen and oxygen atoms in total. The van der Waals surface area contributed by atoms with E-state index in [2.05, 4.69) is 29.4 Å². The number of rotatable bonds is 6. The summed E-state index contributed by atoms with van der Waals surface area (Å²) >= 11 is 0. The van der Waals surface area contributed by atoms with E-state index >= 15 is 0 Å². The van der Waals surface area contributed by atoms with Gasteiger partial charge >= 0.3 is 0 Å². The maximum Gasteiger partial charge on any atom is 0.233 e. The van der Waals surface area contributed by atoms with Crippen molar-refractivity contribution >= 4 is 16.8 Å². The van der Waals surface area contributed by atoms with E-state index in [1.807, 2.05) is 35.5 Å². The predicted molar refractivity (Wildman–Crippen MR) is 120 cm³/mol. The summed E-state index contributed by atoms with van der Waals surface area (Å²) in [5.74, 6) is 1.08. The molecule has 168 valence electrons. The molecule has 2 aromatic rings. The zero-order valence-corrected chi connectivity index (χ0v) is 19.0. The number of ether oxygens (including phenoxy) is 2. The van der Waals surface area contributed by atoms with E-state index in [4.69, 9.17) is 9.47 Å². The summed E-state index contributed by atoms with van der Waals surface area (Å²) in [7, 11) is -1.39. The Morgan fingerprint density at radius 1 is 1.26 bits per heavy atom. The number of nitrogens with one attached hydrogen (secondary N) is 1. The Labute approximate surface area is 186 Å².